The normalized spacial score (nSPS) is 14.1. The van der Waals surface area contributed by atoms with Crippen molar-refractivity contribution in [2.45, 2.75) is 6.54 Å². The quantitative estimate of drug-likeness (QED) is 0.837. The number of amides is 3. The third kappa shape index (κ3) is 3.65. The summed E-state index contributed by atoms with van der Waals surface area (Å²) >= 11 is 3.36. The molecule has 0 aliphatic carbocycles. The second-order valence-corrected chi connectivity index (χ2v) is 6.26. The fourth-order valence-corrected chi connectivity index (χ4v) is 2.91. The number of rotatable bonds is 4. The number of nitrogens with zero attached hydrogens (tertiary/aromatic N) is 3. The summed E-state index contributed by atoms with van der Waals surface area (Å²) in [5.41, 5.74) is 2.20. The Kier molecular flexibility index (Phi) is 4.66. The number of carbonyl (C=O) groups is 2. The molecule has 1 aromatic carbocycles. The van der Waals surface area contributed by atoms with E-state index in [4.69, 9.17) is 5.11 Å². The Balaban J connectivity index is 1.66. The molecule has 0 atom stereocenters. The van der Waals surface area contributed by atoms with Gasteiger partial charge in [0, 0.05) is 36.0 Å². The molecule has 1 saturated heterocycles. The van der Waals surface area contributed by atoms with Gasteiger partial charge in [-0.15, -0.1) is 0 Å². The highest BCUT2D eigenvalue weighted by Crippen LogP contribution is 2.23. The fraction of sp³-hybridized carbons (Fsp3) is 0.188. The molecule has 0 unspecified atom stereocenters. The Morgan fingerprint density at radius 2 is 2.00 bits per heavy atom. The second-order valence-electron chi connectivity index (χ2n) is 5.34. The average Bonchev–Trinajstić information content (AvgIpc) is 2.90. The molecule has 1 aromatic heterocycles. The highest BCUT2D eigenvalue weighted by Gasteiger charge is 2.29. The molecule has 0 saturated carbocycles. The first-order valence-electron chi connectivity index (χ1n) is 7.29. The Morgan fingerprint density at radius 1 is 1.25 bits per heavy atom. The summed E-state index contributed by atoms with van der Waals surface area (Å²) in [7, 11) is 0. The smallest absolute Gasteiger partial charge is 0.409 e. The number of pyridine rings is 1. The molecule has 2 aromatic rings. The van der Waals surface area contributed by atoms with E-state index in [9.17, 15) is 9.59 Å². The topological polar surface area (TPSA) is 85.8 Å². The van der Waals surface area contributed by atoms with Crippen molar-refractivity contribution in [2.75, 3.05) is 23.3 Å². The molecule has 7 nitrogen and oxygen atoms in total. The summed E-state index contributed by atoms with van der Waals surface area (Å²) in [4.78, 5) is 30.7. The van der Waals surface area contributed by atoms with Crippen LogP contribution in [-0.4, -0.2) is 40.2 Å². The van der Waals surface area contributed by atoms with Gasteiger partial charge in [-0.1, -0.05) is 12.1 Å². The molecule has 3 rings (SSSR count). The lowest BCUT2D eigenvalue weighted by atomic mass is 10.2. The number of halogens is 1. The first-order chi connectivity index (χ1) is 11.5. The van der Waals surface area contributed by atoms with Crippen LogP contribution >= 0.6 is 15.9 Å². The van der Waals surface area contributed by atoms with Crippen molar-refractivity contribution < 1.29 is 14.7 Å². The van der Waals surface area contributed by atoms with Gasteiger partial charge in [-0.25, -0.2) is 9.59 Å². The Bertz CT molecular complexity index is 766. The number of aromatic nitrogens is 1. The van der Waals surface area contributed by atoms with E-state index in [2.05, 4.69) is 26.2 Å². The van der Waals surface area contributed by atoms with E-state index in [1.54, 1.807) is 34.3 Å². The molecule has 0 radical (unpaired) electrons. The number of anilines is 2. The highest BCUT2D eigenvalue weighted by molar-refractivity contribution is 9.10. The van der Waals surface area contributed by atoms with Gasteiger partial charge in [0.2, 0.25) is 0 Å². The van der Waals surface area contributed by atoms with Crippen LogP contribution in [0.25, 0.3) is 0 Å². The van der Waals surface area contributed by atoms with Gasteiger partial charge in [-0.05, 0) is 39.7 Å². The summed E-state index contributed by atoms with van der Waals surface area (Å²) < 4.78 is 0.827. The maximum Gasteiger partial charge on any atom is 0.409 e. The van der Waals surface area contributed by atoms with Crippen molar-refractivity contribution in [1.82, 2.24) is 9.88 Å². The molecule has 0 bridgehead atoms. The third-order valence-corrected chi connectivity index (χ3v) is 4.11. The van der Waals surface area contributed by atoms with Gasteiger partial charge in [-0.2, -0.15) is 0 Å². The van der Waals surface area contributed by atoms with Crippen LogP contribution in [0.2, 0.25) is 0 Å². The second kappa shape index (κ2) is 6.88. The Labute approximate surface area is 147 Å². The Hall–Kier alpha value is -2.61. The van der Waals surface area contributed by atoms with E-state index in [0.29, 0.717) is 25.3 Å². The highest BCUT2D eigenvalue weighted by atomic mass is 79.9. The van der Waals surface area contributed by atoms with Gasteiger partial charge in [0.15, 0.2) is 0 Å². The number of hydrogen-bond acceptors (Lipinski definition) is 3. The standard InChI is InChI=1S/C16H15BrN4O3/c17-12-7-14(9-18-8-12)21-6-5-20(16(21)24)10-11-1-3-13(4-2-11)19-15(22)23/h1-4,7-9,19H,5-6,10H2,(H,22,23). The zero-order valence-corrected chi connectivity index (χ0v) is 14.2. The fourth-order valence-electron chi connectivity index (χ4n) is 2.55. The largest absolute Gasteiger partial charge is 0.465 e. The van der Waals surface area contributed by atoms with Gasteiger partial charge in [-0.3, -0.25) is 15.2 Å². The molecule has 124 valence electrons. The van der Waals surface area contributed by atoms with Crippen molar-refractivity contribution in [3.05, 3.63) is 52.8 Å². The number of carboxylic acid groups (broad SMARTS) is 1. The summed E-state index contributed by atoms with van der Waals surface area (Å²) in [6, 6.07) is 8.77. The van der Waals surface area contributed by atoms with E-state index in [1.807, 2.05) is 18.2 Å². The van der Waals surface area contributed by atoms with Crippen LogP contribution in [-0.2, 0) is 6.54 Å². The van der Waals surface area contributed by atoms with Crippen LogP contribution in [0.5, 0.6) is 0 Å². The van der Waals surface area contributed by atoms with Crippen LogP contribution < -0.4 is 10.2 Å². The molecule has 2 heterocycles. The molecular weight excluding hydrogens is 376 g/mol. The SMILES string of the molecule is O=C(O)Nc1ccc(CN2CCN(c3cncc(Br)c3)C2=O)cc1. The zero-order valence-electron chi connectivity index (χ0n) is 12.6. The molecule has 24 heavy (non-hydrogen) atoms. The molecule has 1 fully saturated rings. The predicted molar refractivity (Wildman–Crippen MR) is 93.2 cm³/mol. The van der Waals surface area contributed by atoms with Crippen LogP contribution in [0.1, 0.15) is 5.56 Å². The lowest BCUT2D eigenvalue weighted by Crippen LogP contribution is -2.31. The number of carbonyl (C=O) groups excluding carboxylic acids is 1. The summed E-state index contributed by atoms with van der Waals surface area (Å²) in [6.07, 6.45) is 2.24. The van der Waals surface area contributed by atoms with Gasteiger partial charge in [0.05, 0.1) is 11.9 Å². The predicted octanol–water partition coefficient (Wildman–Crippen LogP) is 3.38. The minimum atomic E-state index is -1.10. The van der Waals surface area contributed by atoms with Crippen LogP contribution in [0.4, 0.5) is 21.0 Å². The maximum absolute atomic E-state index is 12.6. The zero-order chi connectivity index (χ0) is 17.1. The molecule has 3 amide bonds. The summed E-state index contributed by atoms with van der Waals surface area (Å²) in [5, 5.41) is 11.0. The van der Waals surface area contributed by atoms with E-state index < -0.39 is 6.09 Å². The minimum Gasteiger partial charge on any atom is -0.465 e. The molecule has 0 spiro atoms. The van der Waals surface area contributed by atoms with Gasteiger partial charge < -0.3 is 10.0 Å². The van der Waals surface area contributed by atoms with Gasteiger partial charge in [0.1, 0.15) is 0 Å². The van der Waals surface area contributed by atoms with Crippen molar-refractivity contribution in [3.8, 4) is 0 Å². The van der Waals surface area contributed by atoms with Gasteiger partial charge in [0.25, 0.3) is 0 Å². The summed E-state index contributed by atoms with van der Waals surface area (Å²) in [6.45, 7) is 1.71. The molecular formula is C16H15BrN4O3. The first-order valence-corrected chi connectivity index (χ1v) is 8.08. The van der Waals surface area contributed by atoms with Crippen LogP contribution in [0, 0.1) is 0 Å². The summed E-state index contributed by atoms with van der Waals surface area (Å²) in [5.74, 6) is 0. The van der Waals surface area contributed by atoms with Crippen molar-refractivity contribution in [2.24, 2.45) is 0 Å². The molecule has 2 N–H and O–H groups in total. The Morgan fingerprint density at radius 3 is 2.67 bits per heavy atom. The minimum absolute atomic E-state index is 0.0670. The molecule has 1 aliphatic rings. The first kappa shape index (κ1) is 16.3. The maximum atomic E-state index is 12.6. The molecule has 8 heteroatoms. The average molecular weight is 391 g/mol. The lowest BCUT2D eigenvalue weighted by molar-refractivity contribution is 0.209. The van der Waals surface area contributed by atoms with E-state index in [0.717, 1.165) is 15.7 Å². The van der Waals surface area contributed by atoms with Crippen molar-refractivity contribution in [1.29, 1.82) is 0 Å². The number of benzene rings is 1. The van der Waals surface area contributed by atoms with E-state index >= 15 is 0 Å². The van der Waals surface area contributed by atoms with E-state index in [1.165, 1.54) is 0 Å². The van der Waals surface area contributed by atoms with Crippen molar-refractivity contribution in [3.63, 3.8) is 0 Å². The number of hydrogen-bond donors (Lipinski definition) is 2. The van der Waals surface area contributed by atoms with Crippen LogP contribution in [0.3, 0.4) is 0 Å². The number of urea groups is 1. The third-order valence-electron chi connectivity index (χ3n) is 3.68. The van der Waals surface area contributed by atoms with Crippen molar-refractivity contribution >= 4 is 39.4 Å². The van der Waals surface area contributed by atoms with E-state index in [-0.39, 0.29) is 6.03 Å². The van der Waals surface area contributed by atoms with Crippen LogP contribution in [0.15, 0.2) is 47.2 Å². The number of nitrogens with one attached hydrogen (secondary N) is 1. The monoisotopic (exact) mass is 390 g/mol. The van der Waals surface area contributed by atoms with Gasteiger partial charge >= 0.3 is 12.1 Å². The lowest BCUT2D eigenvalue weighted by Gasteiger charge is -2.18. The molecule has 1 aliphatic heterocycles.